The zero-order chi connectivity index (χ0) is 27.4. The van der Waals surface area contributed by atoms with Gasteiger partial charge in [-0.3, -0.25) is 9.11 Å². The fourth-order valence-electron chi connectivity index (χ4n) is 1.95. The molecule has 2 aromatic rings. The molecule has 2 aromatic heterocycles. The summed E-state index contributed by atoms with van der Waals surface area (Å²) in [5.41, 5.74) is 0. The fourth-order valence-corrected chi connectivity index (χ4v) is 1.95. The number of aryl methyl sites for hydroxylation is 4. The van der Waals surface area contributed by atoms with Crippen LogP contribution in [0.1, 0.15) is 39.5 Å². The molecule has 0 spiro atoms. The van der Waals surface area contributed by atoms with Crippen LogP contribution >= 0.6 is 0 Å². The third-order valence-corrected chi connectivity index (χ3v) is 3.19. The van der Waals surface area contributed by atoms with Gasteiger partial charge in [0.15, 0.2) is 0 Å². The Kier molecular flexibility index (Phi) is 21.0. The van der Waals surface area contributed by atoms with Crippen LogP contribution in [0, 0.1) is 15.3 Å². The van der Waals surface area contributed by atoms with Gasteiger partial charge in [-0.15, -0.1) is 0 Å². The van der Waals surface area contributed by atoms with E-state index < -0.39 is 25.6 Å². The van der Waals surface area contributed by atoms with Crippen LogP contribution in [0.4, 0.5) is 0 Å². The van der Waals surface area contributed by atoms with Crippen molar-refractivity contribution in [3.8, 4) is 0 Å². The maximum Gasteiger partial charge on any atom is 0.261 e. The van der Waals surface area contributed by atoms with Gasteiger partial charge >= 0.3 is 0 Å². The van der Waals surface area contributed by atoms with Crippen LogP contribution in [0.3, 0.4) is 0 Å². The van der Waals surface area contributed by atoms with Crippen molar-refractivity contribution in [2.75, 3.05) is 6.26 Å². The van der Waals surface area contributed by atoms with E-state index in [2.05, 4.69) is 69.6 Å². The average molecular weight is 534 g/mol. The topological polar surface area (TPSA) is 216 Å². The number of imidazole rings is 2. The van der Waals surface area contributed by atoms with Crippen LogP contribution < -0.4 is 9.13 Å². The van der Waals surface area contributed by atoms with E-state index in [9.17, 15) is 8.42 Å². The van der Waals surface area contributed by atoms with Crippen molar-refractivity contribution >= 4 is 20.5 Å². The molecule has 0 saturated heterocycles. The molecule has 0 bridgehead atoms. The van der Waals surface area contributed by atoms with E-state index in [1.54, 1.807) is 0 Å². The van der Waals surface area contributed by atoms with E-state index in [0.717, 1.165) is 13.1 Å². The first kappa shape index (κ1) is 36.0. The smallest absolute Gasteiger partial charge is 0.261 e. The van der Waals surface area contributed by atoms with Crippen molar-refractivity contribution in [1.82, 2.24) is 9.13 Å². The van der Waals surface area contributed by atoms with Crippen molar-refractivity contribution < 1.29 is 44.7 Å². The molecule has 17 heteroatoms. The second-order valence-electron chi connectivity index (χ2n) is 6.73. The predicted octanol–water partition coefficient (Wildman–Crippen LogP) is 0.495. The highest BCUT2D eigenvalue weighted by Gasteiger charge is 1.97. The fraction of sp³-hybridized carbons (Fsp3) is 0.647. The molecule has 0 aliphatic heterocycles. The summed E-state index contributed by atoms with van der Waals surface area (Å²) in [6.07, 6.45) is 18.3. The van der Waals surface area contributed by atoms with Crippen LogP contribution in [0.25, 0.3) is 0 Å². The minimum absolute atomic E-state index is 0.715. The number of hydrogen-bond donors (Lipinski definition) is 2. The molecular formula is C17H35N5O10S2. The predicted molar refractivity (Wildman–Crippen MR) is 121 cm³/mol. The van der Waals surface area contributed by atoms with Gasteiger partial charge in [0.05, 0.1) is 38.5 Å². The summed E-state index contributed by atoms with van der Waals surface area (Å²) >= 11 is 0. The van der Waals surface area contributed by atoms with Gasteiger partial charge < -0.3 is 19.9 Å². The summed E-state index contributed by atoms with van der Waals surface area (Å²) in [6, 6.07) is 0. The van der Waals surface area contributed by atoms with Gasteiger partial charge in [-0.1, -0.05) is 26.7 Å². The Bertz CT molecular complexity index is 894. The van der Waals surface area contributed by atoms with Gasteiger partial charge in [0, 0.05) is 0 Å². The van der Waals surface area contributed by atoms with Crippen molar-refractivity contribution in [3.05, 3.63) is 52.8 Å². The Balaban J connectivity index is -0.000000375. The van der Waals surface area contributed by atoms with E-state index in [-0.39, 0.29) is 0 Å². The van der Waals surface area contributed by atoms with Crippen LogP contribution in [-0.4, -0.2) is 51.0 Å². The molecule has 34 heavy (non-hydrogen) atoms. The second kappa shape index (κ2) is 19.8. The van der Waals surface area contributed by atoms with E-state index in [4.69, 9.17) is 37.4 Å². The summed E-state index contributed by atoms with van der Waals surface area (Å²) < 4.78 is 67.3. The molecule has 0 aliphatic carbocycles. The second-order valence-corrected chi connectivity index (χ2v) is 9.05. The SMILES string of the molecule is CCCCn1cc[n+](C)c1.CCCCn1cc[n+](C)c1.CS(=O)(=O)O.O=S(=O)([O-])O.O=[N+]([O-])[O-]. The number of nitrogens with zero attached hydrogens (tertiary/aromatic N) is 5. The Hall–Kier alpha value is -2.60. The monoisotopic (exact) mass is 533 g/mol. The maximum atomic E-state index is 9.19. The molecule has 2 rings (SSSR count). The lowest BCUT2D eigenvalue weighted by Crippen LogP contribution is -2.23. The number of rotatable bonds is 6. The van der Waals surface area contributed by atoms with E-state index in [1.165, 1.54) is 25.7 Å². The lowest BCUT2D eigenvalue weighted by Gasteiger charge is -1.90. The average Bonchev–Trinajstić information content (AvgIpc) is 3.23. The zero-order valence-electron chi connectivity index (χ0n) is 19.9. The molecule has 200 valence electrons. The summed E-state index contributed by atoms with van der Waals surface area (Å²) in [5, 5.41) is 14.8. The number of hydrogen-bond acceptors (Lipinski definition) is 8. The summed E-state index contributed by atoms with van der Waals surface area (Å²) in [6.45, 7) is 6.72. The van der Waals surface area contributed by atoms with Crippen LogP contribution in [0.2, 0.25) is 0 Å². The first-order valence-corrected chi connectivity index (χ1v) is 13.0. The highest BCUT2D eigenvalue weighted by Crippen LogP contribution is 1.92. The Morgan fingerprint density at radius 3 is 1.24 bits per heavy atom. The van der Waals surface area contributed by atoms with Crippen LogP contribution in [0.5, 0.6) is 0 Å². The third-order valence-electron chi connectivity index (χ3n) is 3.19. The molecule has 0 saturated carbocycles. The molecule has 15 nitrogen and oxygen atoms in total. The number of aromatic nitrogens is 4. The first-order valence-electron chi connectivity index (χ1n) is 9.83. The molecule has 0 atom stereocenters. The number of unbranched alkanes of at least 4 members (excludes halogenated alkanes) is 2. The lowest BCUT2D eigenvalue weighted by molar-refractivity contribution is -0.671. The minimum Gasteiger partial charge on any atom is -0.726 e. The van der Waals surface area contributed by atoms with Crippen molar-refractivity contribution in [2.45, 2.75) is 52.6 Å². The van der Waals surface area contributed by atoms with Gasteiger partial charge in [0.25, 0.3) is 10.1 Å². The normalized spacial score (nSPS) is 10.1. The van der Waals surface area contributed by atoms with Gasteiger partial charge in [0.1, 0.15) is 24.8 Å². The minimum atomic E-state index is -4.92. The largest absolute Gasteiger partial charge is 0.726 e. The van der Waals surface area contributed by atoms with Gasteiger partial charge in [-0.2, -0.15) is 8.42 Å². The molecular weight excluding hydrogens is 498 g/mol. The zero-order valence-corrected chi connectivity index (χ0v) is 21.6. The van der Waals surface area contributed by atoms with Gasteiger partial charge in [-0.05, 0) is 12.8 Å². The lowest BCUT2D eigenvalue weighted by atomic mass is 10.3. The van der Waals surface area contributed by atoms with Crippen molar-refractivity contribution in [3.63, 3.8) is 0 Å². The maximum absolute atomic E-state index is 9.19. The standard InChI is InChI=1S/2C8H15N2.CH4O3S.NO3.H2O4S/c2*1-3-4-5-10-7-6-9(2)8-10;1-5(2,3)4;2-1(3)4;1-5(2,3)4/h2*6-8H,3-5H2,1-2H3;1H3,(H,2,3,4);;(H2,1,2,3,4)/q2*+1;;-1;/p-1. The molecule has 2 heterocycles. The van der Waals surface area contributed by atoms with E-state index in [0.29, 0.717) is 6.26 Å². The molecule has 0 aromatic carbocycles. The molecule has 0 unspecified atom stereocenters. The summed E-state index contributed by atoms with van der Waals surface area (Å²) in [7, 11) is -4.50. The van der Waals surface area contributed by atoms with Gasteiger partial charge in [-0.25, -0.2) is 26.7 Å². The Labute approximate surface area is 200 Å². The summed E-state index contributed by atoms with van der Waals surface area (Å²) in [5.74, 6) is 0. The molecule has 0 aliphatic rings. The first-order chi connectivity index (χ1) is 15.4. The molecule has 2 N–H and O–H groups in total. The summed E-state index contributed by atoms with van der Waals surface area (Å²) in [4.78, 5) is 8.25. The van der Waals surface area contributed by atoms with Crippen LogP contribution in [0.15, 0.2) is 37.4 Å². The Morgan fingerprint density at radius 1 is 0.853 bits per heavy atom. The quantitative estimate of drug-likeness (QED) is 0.172. The van der Waals surface area contributed by atoms with E-state index >= 15 is 0 Å². The van der Waals surface area contributed by atoms with Crippen molar-refractivity contribution in [1.29, 1.82) is 0 Å². The highest BCUT2D eigenvalue weighted by atomic mass is 32.3. The molecule has 0 amide bonds. The third kappa shape index (κ3) is 43.3. The van der Waals surface area contributed by atoms with Crippen LogP contribution in [-0.2, 0) is 47.7 Å². The Morgan fingerprint density at radius 2 is 1.09 bits per heavy atom. The molecule has 0 radical (unpaired) electrons. The highest BCUT2D eigenvalue weighted by molar-refractivity contribution is 7.85. The van der Waals surface area contributed by atoms with Gasteiger partial charge in [0.2, 0.25) is 23.1 Å². The van der Waals surface area contributed by atoms with Crippen molar-refractivity contribution in [2.24, 2.45) is 14.1 Å². The van der Waals surface area contributed by atoms with E-state index in [1.807, 2.05) is 14.1 Å². The molecule has 0 fully saturated rings.